The second-order valence-corrected chi connectivity index (χ2v) is 0.992. The van der Waals surface area contributed by atoms with Gasteiger partial charge in [-0.05, 0) is 0 Å². The van der Waals surface area contributed by atoms with Crippen LogP contribution in [-0.4, -0.2) is 10.2 Å². The molecule has 0 bridgehead atoms. The van der Waals surface area contributed by atoms with Crippen molar-refractivity contribution in [3.05, 3.63) is 18.7 Å². The van der Waals surface area contributed by atoms with Gasteiger partial charge in [0, 0.05) is 0 Å². The molecule has 0 atom stereocenters. The molecule has 0 aliphatic heterocycles. The van der Waals surface area contributed by atoms with Crippen molar-refractivity contribution < 1.29 is 9.94 Å². The van der Waals surface area contributed by atoms with Gasteiger partial charge in [-0.15, -0.1) is 0 Å². The van der Waals surface area contributed by atoms with Crippen molar-refractivity contribution in [2.75, 3.05) is 0 Å². The molecule has 0 saturated carbocycles. The molecule has 0 aromatic carbocycles. The topological polar surface area (TPSA) is 39.9 Å². The van der Waals surface area contributed by atoms with E-state index in [1.165, 1.54) is 12.5 Å². The van der Waals surface area contributed by atoms with Gasteiger partial charge in [-0.25, -0.2) is 4.98 Å². The average molecular weight is 85.1 g/mol. The zero-order valence-corrected chi connectivity index (χ0v) is 3.13. The molecule has 1 rings (SSSR count). The molecule has 32 valence electrons. The zero-order chi connectivity index (χ0) is 4.41. The van der Waals surface area contributed by atoms with E-state index in [2.05, 4.69) is 4.98 Å². The molecule has 0 aliphatic carbocycles. The maximum atomic E-state index is 8.36. The molecule has 0 amide bonds. The Balaban J connectivity index is 3.05. The number of rotatable bonds is 0. The number of nitrogens with zero attached hydrogens (tertiary/aromatic N) is 1. The zero-order valence-electron chi connectivity index (χ0n) is 3.13. The van der Waals surface area contributed by atoms with Crippen molar-refractivity contribution in [2.45, 2.75) is 0 Å². The number of hydrogen-bond acceptors (Lipinski definition) is 1. The highest BCUT2D eigenvalue weighted by Crippen LogP contribution is 1.59. The van der Waals surface area contributed by atoms with Crippen LogP contribution in [0, 0.1) is 0 Å². The number of H-pyrrole nitrogens is 1. The lowest BCUT2D eigenvalue weighted by molar-refractivity contribution is -0.903. The minimum atomic E-state index is 0.944. The summed E-state index contributed by atoms with van der Waals surface area (Å²) in [4.78, 5) is 2.64. The maximum Gasteiger partial charge on any atom is 0.281 e. The molecule has 1 aromatic rings. The summed E-state index contributed by atoms with van der Waals surface area (Å²) in [5.74, 6) is 0. The van der Waals surface area contributed by atoms with Gasteiger partial charge in [0.05, 0.1) is 0 Å². The molecule has 3 nitrogen and oxygen atoms in total. The molecule has 2 N–H and O–H groups in total. The maximum absolute atomic E-state index is 8.36. The lowest BCUT2D eigenvalue weighted by Gasteiger charge is -1.65. The second kappa shape index (κ2) is 1.01. The van der Waals surface area contributed by atoms with Crippen LogP contribution in [0.15, 0.2) is 18.7 Å². The summed E-state index contributed by atoms with van der Waals surface area (Å²) in [6.45, 7) is 0. The molecule has 0 aliphatic rings. The minimum Gasteiger partial charge on any atom is -0.350 e. The van der Waals surface area contributed by atoms with Crippen molar-refractivity contribution in [3.63, 3.8) is 0 Å². The normalized spacial score (nSPS) is 8.67. The molecule has 3 heteroatoms. The van der Waals surface area contributed by atoms with Gasteiger partial charge >= 0.3 is 0 Å². The lowest BCUT2D eigenvalue weighted by Crippen LogP contribution is -2.24. The van der Waals surface area contributed by atoms with Gasteiger partial charge < -0.3 is 5.21 Å². The van der Waals surface area contributed by atoms with Crippen LogP contribution in [0.25, 0.3) is 0 Å². The van der Waals surface area contributed by atoms with Gasteiger partial charge in [0.15, 0.2) is 6.20 Å². The highest BCUT2D eigenvalue weighted by atomic mass is 16.5. The minimum absolute atomic E-state index is 0.944. The molecule has 1 heterocycles. The third-order valence-electron chi connectivity index (χ3n) is 0.530. The fourth-order valence-corrected chi connectivity index (χ4v) is 0.282. The molecule has 6 heavy (non-hydrogen) atoms. The molecule has 0 fully saturated rings. The lowest BCUT2D eigenvalue weighted by atomic mass is 11.0. The molecule has 0 unspecified atom stereocenters. The Bertz CT molecular complexity index is 112. The van der Waals surface area contributed by atoms with Crippen molar-refractivity contribution in [2.24, 2.45) is 0 Å². The van der Waals surface area contributed by atoms with Crippen LogP contribution in [0.5, 0.6) is 0 Å². The van der Waals surface area contributed by atoms with E-state index in [-0.39, 0.29) is 0 Å². The Kier molecular flexibility index (Phi) is 0.538. The third kappa shape index (κ3) is 0.337. The van der Waals surface area contributed by atoms with E-state index in [0.29, 0.717) is 0 Å². The van der Waals surface area contributed by atoms with Gasteiger partial charge in [0.1, 0.15) is 6.20 Å². The molecule has 0 radical (unpaired) electrons. The van der Waals surface area contributed by atoms with E-state index in [4.69, 9.17) is 5.21 Å². The van der Waals surface area contributed by atoms with Crippen molar-refractivity contribution in [1.82, 2.24) is 4.98 Å². The van der Waals surface area contributed by atoms with Gasteiger partial charge in [0.2, 0.25) is 0 Å². The standard InChI is InChI=1S/C3H4N2O/c6-5-2-1-4-3-5/h1-3,6H/p+1. The first-order valence-corrected chi connectivity index (χ1v) is 1.63. The summed E-state index contributed by atoms with van der Waals surface area (Å²) in [6, 6.07) is 0. The Labute approximate surface area is 34.8 Å². The summed E-state index contributed by atoms with van der Waals surface area (Å²) in [5, 5.41) is 8.36. The van der Waals surface area contributed by atoms with Crippen molar-refractivity contribution in [3.8, 4) is 0 Å². The molecule has 0 spiro atoms. The summed E-state index contributed by atoms with van der Waals surface area (Å²) >= 11 is 0. The van der Waals surface area contributed by atoms with Gasteiger partial charge in [-0.1, -0.05) is 4.73 Å². The van der Waals surface area contributed by atoms with Crippen LogP contribution in [0.4, 0.5) is 0 Å². The fraction of sp³-hybridized carbons (Fsp3) is 0. The number of nitrogens with one attached hydrogen (secondary N) is 1. The Morgan fingerprint density at radius 1 is 1.67 bits per heavy atom. The van der Waals surface area contributed by atoms with Crippen LogP contribution < -0.4 is 4.73 Å². The van der Waals surface area contributed by atoms with Gasteiger partial charge in [0.25, 0.3) is 6.33 Å². The Morgan fingerprint density at radius 3 is 2.67 bits per heavy atom. The van der Waals surface area contributed by atoms with Crippen LogP contribution in [0.3, 0.4) is 0 Å². The predicted molar refractivity (Wildman–Crippen MR) is 18.2 cm³/mol. The van der Waals surface area contributed by atoms with Crippen LogP contribution in [-0.2, 0) is 0 Å². The van der Waals surface area contributed by atoms with Gasteiger partial charge in [-0.3, -0.25) is 0 Å². The molecular weight excluding hydrogens is 80.0 g/mol. The average Bonchev–Trinajstić information content (AvgIpc) is 1.86. The first-order chi connectivity index (χ1) is 2.89. The smallest absolute Gasteiger partial charge is 0.281 e. The molecule has 1 aromatic heterocycles. The molecular formula is C3H5N2O+. The van der Waals surface area contributed by atoms with Crippen LogP contribution in [0.2, 0.25) is 0 Å². The first-order valence-electron chi connectivity index (χ1n) is 1.63. The monoisotopic (exact) mass is 85.0 g/mol. The number of hydrogen-bond donors (Lipinski definition) is 2. The Morgan fingerprint density at radius 2 is 2.50 bits per heavy atom. The number of imidazole rings is 1. The third-order valence-corrected chi connectivity index (χ3v) is 0.530. The van der Waals surface area contributed by atoms with E-state index in [1.54, 1.807) is 6.20 Å². The summed E-state index contributed by atoms with van der Waals surface area (Å²) < 4.78 is 0.944. The highest BCUT2D eigenvalue weighted by Gasteiger charge is 1.82. The SMILES string of the molecule is O[n+]1cc[nH]c1. The second-order valence-electron chi connectivity index (χ2n) is 0.992. The first kappa shape index (κ1) is 3.21. The summed E-state index contributed by atoms with van der Waals surface area (Å²) in [5.41, 5.74) is 0. The van der Waals surface area contributed by atoms with E-state index in [0.717, 1.165) is 4.73 Å². The Hall–Kier alpha value is -0.990. The quantitative estimate of drug-likeness (QED) is 0.325. The molecule has 0 saturated heterocycles. The number of aromatic amines is 1. The van der Waals surface area contributed by atoms with E-state index in [9.17, 15) is 0 Å². The predicted octanol–water partition coefficient (Wildman–Crippen LogP) is -0.461. The van der Waals surface area contributed by atoms with Crippen LogP contribution in [0.1, 0.15) is 0 Å². The number of aromatic nitrogens is 2. The van der Waals surface area contributed by atoms with Crippen molar-refractivity contribution >= 4 is 0 Å². The summed E-state index contributed by atoms with van der Waals surface area (Å²) in [6.07, 6.45) is 4.56. The highest BCUT2D eigenvalue weighted by molar-refractivity contribution is 4.53. The largest absolute Gasteiger partial charge is 0.350 e. The van der Waals surface area contributed by atoms with Crippen LogP contribution >= 0.6 is 0 Å². The van der Waals surface area contributed by atoms with E-state index in [1.807, 2.05) is 0 Å². The van der Waals surface area contributed by atoms with E-state index >= 15 is 0 Å². The van der Waals surface area contributed by atoms with Gasteiger partial charge in [-0.2, -0.15) is 0 Å². The fourth-order valence-electron chi connectivity index (χ4n) is 0.282. The van der Waals surface area contributed by atoms with E-state index < -0.39 is 0 Å². The van der Waals surface area contributed by atoms with Crippen molar-refractivity contribution in [1.29, 1.82) is 0 Å². The summed E-state index contributed by atoms with van der Waals surface area (Å²) in [7, 11) is 0.